The molecule has 5 aromatic rings. The van der Waals surface area contributed by atoms with Crippen LogP contribution >= 0.6 is 11.3 Å². The number of benzene rings is 2. The molecule has 0 unspecified atom stereocenters. The second-order valence-corrected chi connectivity index (χ2v) is 11.8. The van der Waals surface area contributed by atoms with Crippen LogP contribution < -0.4 is 10.1 Å². The normalized spacial score (nSPS) is 18.3. The molecule has 0 amide bonds. The lowest BCUT2D eigenvalue weighted by atomic mass is 9.79. The molecule has 1 fully saturated rings. The summed E-state index contributed by atoms with van der Waals surface area (Å²) in [6.07, 6.45) is 6.96. The molecule has 0 atom stereocenters. The number of carboxylic acids is 1. The highest BCUT2D eigenvalue weighted by Gasteiger charge is 2.39. The van der Waals surface area contributed by atoms with Crippen molar-refractivity contribution in [3.8, 4) is 27.6 Å². The Hall–Kier alpha value is -4.68. The number of aliphatic carboxylic acids is 1. The Labute approximate surface area is 252 Å². The third-order valence-corrected chi connectivity index (χ3v) is 8.88. The molecule has 1 saturated carbocycles. The smallest absolute Gasteiger partial charge is 0.306 e. The minimum atomic E-state index is -1.09. The van der Waals surface area contributed by atoms with Crippen LogP contribution in [0, 0.1) is 12.8 Å². The van der Waals surface area contributed by atoms with Crippen molar-refractivity contribution < 1.29 is 19.7 Å². The minimum absolute atomic E-state index is 0.389. The maximum absolute atomic E-state index is 11.3. The van der Waals surface area contributed by atoms with E-state index in [9.17, 15) is 15.0 Å². The summed E-state index contributed by atoms with van der Waals surface area (Å²) in [5.41, 5.74) is 4.06. The van der Waals surface area contributed by atoms with E-state index in [0.717, 1.165) is 33.0 Å². The number of anilines is 2. The second-order valence-electron chi connectivity index (χ2n) is 10.8. The van der Waals surface area contributed by atoms with Crippen molar-refractivity contribution in [1.29, 1.82) is 0 Å². The van der Waals surface area contributed by atoms with Gasteiger partial charge in [-0.15, -0.1) is 16.4 Å². The molecule has 0 bridgehead atoms. The monoisotopic (exact) mass is 597 g/mol. The van der Waals surface area contributed by atoms with Crippen LogP contribution in [-0.2, 0) is 16.9 Å². The number of thiazole rings is 1. The van der Waals surface area contributed by atoms with Crippen LogP contribution in [0.2, 0.25) is 0 Å². The summed E-state index contributed by atoms with van der Waals surface area (Å²) in [7, 11) is 1.64. The Balaban J connectivity index is 1.16. The molecule has 0 radical (unpaired) electrons. The van der Waals surface area contributed by atoms with E-state index < -0.39 is 17.5 Å². The number of hydrogen-bond donors (Lipinski definition) is 3. The fourth-order valence-electron chi connectivity index (χ4n) is 5.28. The van der Waals surface area contributed by atoms with E-state index in [1.165, 1.54) is 11.3 Å². The molecule has 2 aromatic carbocycles. The molecule has 220 valence electrons. The quantitative estimate of drug-likeness (QED) is 0.201. The number of aryl methyl sites for hydroxylation is 1. The first-order chi connectivity index (χ1) is 20.8. The first-order valence-electron chi connectivity index (χ1n) is 13.9. The van der Waals surface area contributed by atoms with Gasteiger partial charge >= 0.3 is 5.97 Å². The Morgan fingerprint density at radius 1 is 1.12 bits per heavy atom. The van der Waals surface area contributed by atoms with Crippen LogP contribution in [-0.4, -0.2) is 53.2 Å². The van der Waals surface area contributed by atoms with Gasteiger partial charge in [-0.25, -0.2) is 19.6 Å². The van der Waals surface area contributed by atoms with Crippen LogP contribution in [0.25, 0.3) is 21.8 Å². The molecule has 0 aliphatic heterocycles. The van der Waals surface area contributed by atoms with Gasteiger partial charge in [0.15, 0.2) is 0 Å². The van der Waals surface area contributed by atoms with Crippen LogP contribution in [0.5, 0.6) is 5.75 Å². The lowest BCUT2D eigenvalue weighted by Gasteiger charge is -2.32. The number of carbonyl (C=O) groups is 1. The molecule has 43 heavy (non-hydrogen) atoms. The highest BCUT2D eigenvalue weighted by Crippen LogP contribution is 2.43. The minimum Gasteiger partial charge on any atom is -0.497 e. The molecule has 3 aromatic heterocycles. The molecule has 0 spiro atoms. The standard InChI is InChI=1S/C31H31N7O4S/c1-19-13-22(27-16-33-29(43-27)31(41)10-7-21(8-11-31)28(39)40)15-23(14-19)34-30-32-12-9-25(35-30)26-18-38(37-36-26)17-20-3-5-24(42-2)6-4-20/h3-6,9,12-16,18,21,41H,7-8,10-11,17H2,1-2H3,(H,39,40)(H,32,34,35)/t21-,31-. The zero-order valence-electron chi connectivity index (χ0n) is 23.8. The van der Waals surface area contributed by atoms with E-state index in [-0.39, 0.29) is 0 Å². The Morgan fingerprint density at radius 3 is 2.65 bits per heavy atom. The Kier molecular flexibility index (Phi) is 7.87. The Bertz CT molecular complexity index is 1740. The Morgan fingerprint density at radius 2 is 1.91 bits per heavy atom. The molecule has 0 saturated heterocycles. The summed E-state index contributed by atoms with van der Waals surface area (Å²) in [4.78, 5) is 25.9. The van der Waals surface area contributed by atoms with Crippen molar-refractivity contribution in [1.82, 2.24) is 29.9 Å². The average molecular weight is 598 g/mol. The van der Waals surface area contributed by atoms with E-state index >= 15 is 0 Å². The van der Waals surface area contributed by atoms with Crippen LogP contribution in [0.3, 0.4) is 0 Å². The number of hydrogen-bond acceptors (Lipinski definition) is 10. The molecular weight excluding hydrogens is 566 g/mol. The first kappa shape index (κ1) is 28.4. The van der Waals surface area contributed by atoms with Crippen LogP contribution in [0.15, 0.2) is 67.1 Å². The summed E-state index contributed by atoms with van der Waals surface area (Å²) in [5, 5.41) is 33.0. The highest BCUT2D eigenvalue weighted by molar-refractivity contribution is 7.15. The van der Waals surface area contributed by atoms with Crippen molar-refractivity contribution in [2.75, 3.05) is 12.4 Å². The molecule has 1 aliphatic carbocycles. The highest BCUT2D eigenvalue weighted by atomic mass is 32.1. The van der Waals surface area contributed by atoms with Gasteiger partial charge in [0.2, 0.25) is 5.95 Å². The zero-order chi connectivity index (χ0) is 30.0. The predicted octanol–water partition coefficient (Wildman–Crippen LogP) is 5.43. The van der Waals surface area contributed by atoms with Crippen LogP contribution in [0.1, 0.15) is 41.8 Å². The number of aliphatic hydroxyl groups is 1. The van der Waals surface area contributed by atoms with Gasteiger partial charge < -0.3 is 20.3 Å². The topological polar surface area (TPSA) is 148 Å². The SMILES string of the molecule is COc1ccc(Cn2cc(-c3ccnc(Nc4cc(C)cc(-c5cnc([C@]6(O)CC[C@H](C(=O)O)CC6)s5)c4)n3)nn2)cc1. The van der Waals surface area contributed by atoms with Gasteiger partial charge in [0.25, 0.3) is 0 Å². The van der Waals surface area contributed by atoms with E-state index in [1.807, 2.05) is 49.5 Å². The van der Waals surface area contributed by atoms with Gasteiger partial charge in [0, 0.05) is 18.1 Å². The molecule has 3 N–H and O–H groups in total. The fourth-order valence-corrected chi connectivity index (χ4v) is 6.33. The number of aromatic nitrogens is 6. The summed E-state index contributed by atoms with van der Waals surface area (Å²) in [6.45, 7) is 2.58. The number of nitrogens with one attached hydrogen (secondary N) is 1. The number of methoxy groups -OCH3 is 1. The second kappa shape index (κ2) is 11.9. The maximum atomic E-state index is 11.3. The first-order valence-corrected chi connectivity index (χ1v) is 14.8. The maximum Gasteiger partial charge on any atom is 0.306 e. The van der Waals surface area contributed by atoms with Crippen molar-refractivity contribution in [3.05, 3.63) is 83.3 Å². The third-order valence-electron chi connectivity index (χ3n) is 7.64. The molecule has 12 heteroatoms. The van der Waals surface area contributed by atoms with Gasteiger partial charge in [-0.05, 0) is 79.6 Å². The van der Waals surface area contributed by atoms with Crippen molar-refractivity contribution in [2.24, 2.45) is 5.92 Å². The summed E-state index contributed by atoms with van der Waals surface area (Å²) in [5.74, 6) is 0.0227. The molecular formula is C31H31N7O4S. The number of nitrogens with zero attached hydrogens (tertiary/aromatic N) is 6. The summed E-state index contributed by atoms with van der Waals surface area (Å²) >= 11 is 1.44. The average Bonchev–Trinajstić information content (AvgIpc) is 3.69. The van der Waals surface area contributed by atoms with Crippen molar-refractivity contribution >= 4 is 28.9 Å². The summed E-state index contributed by atoms with van der Waals surface area (Å²) < 4.78 is 6.99. The van der Waals surface area contributed by atoms with E-state index in [4.69, 9.17) is 4.74 Å². The van der Waals surface area contributed by atoms with Gasteiger partial charge in [0.05, 0.1) is 36.3 Å². The predicted molar refractivity (Wildman–Crippen MR) is 162 cm³/mol. The lowest BCUT2D eigenvalue weighted by Crippen LogP contribution is -2.33. The molecule has 3 heterocycles. The van der Waals surface area contributed by atoms with Crippen molar-refractivity contribution in [2.45, 2.75) is 44.8 Å². The largest absolute Gasteiger partial charge is 0.497 e. The number of ether oxygens (including phenoxy) is 1. The fraction of sp³-hybridized carbons (Fsp3) is 0.290. The van der Waals surface area contributed by atoms with Gasteiger partial charge in [-0.3, -0.25) is 4.79 Å². The van der Waals surface area contributed by atoms with Crippen molar-refractivity contribution in [3.63, 3.8) is 0 Å². The summed E-state index contributed by atoms with van der Waals surface area (Å²) in [6, 6.07) is 15.7. The van der Waals surface area contributed by atoms with Gasteiger partial charge in [0.1, 0.15) is 22.1 Å². The number of rotatable bonds is 9. The van der Waals surface area contributed by atoms with E-state index in [2.05, 4.69) is 36.6 Å². The van der Waals surface area contributed by atoms with E-state index in [0.29, 0.717) is 54.6 Å². The number of carboxylic acid groups (broad SMARTS) is 1. The van der Waals surface area contributed by atoms with Crippen LogP contribution in [0.4, 0.5) is 11.6 Å². The third kappa shape index (κ3) is 6.40. The van der Waals surface area contributed by atoms with Gasteiger partial charge in [-0.1, -0.05) is 23.4 Å². The lowest BCUT2D eigenvalue weighted by molar-refractivity contribution is -0.145. The van der Waals surface area contributed by atoms with Gasteiger partial charge in [-0.2, -0.15) is 0 Å². The van der Waals surface area contributed by atoms with E-state index in [1.54, 1.807) is 30.3 Å². The molecule has 6 rings (SSSR count). The molecule has 11 nitrogen and oxygen atoms in total. The molecule has 1 aliphatic rings. The zero-order valence-corrected chi connectivity index (χ0v) is 24.6.